The molecule has 1 unspecified atom stereocenters. The van der Waals surface area contributed by atoms with Gasteiger partial charge in [-0.3, -0.25) is 13.9 Å². The van der Waals surface area contributed by atoms with Gasteiger partial charge < -0.3 is 15.5 Å². The summed E-state index contributed by atoms with van der Waals surface area (Å²) in [4.78, 5) is 27.4. The van der Waals surface area contributed by atoms with Crippen LogP contribution < -0.4 is 10.6 Å². The number of carbonyl (C=O) groups excluding carboxylic acids is 2. The summed E-state index contributed by atoms with van der Waals surface area (Å²) in [7, 11) is -3.96. The maximum atomic E-state index is 13.1. The van der Waals surface area contributed by atoms with Crippen molar-refractivity contribution < 1.29 is 18.0 Å². The summed E-state index contributed by atoms with van der Waals surface area (Å²) in [6, 6.07) is 5.43. The van der Waals surface area contributed by atoms with E-state index in [1.54, 1.807) is 17.0 Å². The molecular formula is C20H28N4O4S. The lowest BCUT2D eigenvalue weighted by Gasteiger charge is -2.36. The first-order valence-electron chi connectivity index (χ1n) is 9.92. The molecule has 1 aromatic carbocycles. The molecule has 2 N–H and O–H groups in total. The van der Waals surface area contributed by atoms with Gasteiger partial charge in [0.15, 0.2) is 0 Å². The van der Waals surface area contributed by atoms with Crippen molar-refractivity contribution in [2.45, 2.75) is 50.1 Å². The molecule has 2 amide bonds. The highest BCUT2D eigenvalue weighted by molar-refractivity contribution is 7.89. The van der Waals surface area contributed by atoms with Crippen molar-refractivity contribution in [1.82, 2.24) is 19.8 Å². The summed E-state index contributed by atoms with van der Waals surface area (Å²) in [5, 5.41) is 5.80. The molecule has 0 aromatic heterocycles. The van der Waals surface area contributed by atoms with Crippen LogP contribution in [0.1, 0.15) is 31.7 Å². The highest BCUT2D eigenvalue weighted by Gasteiger charge is 2.38. The van der Waals surface area contributed by atoms with E-state index in [0.29, 0.717) is 6.54 Å². The van der Waals surface area contributed by atoms with Crippen LogP contribution in [0.3, 0.4) is 0 Å². The lowest BCUT2D eigenvalue weighted by Crippen LogP contribution is -2.53. The van der Waals surface area contributed by atoms with Gasteiger partial charge in [0.1, 0.15) is 6.04 Å². The van der Waals surface area contributed by atoms with Crippen LogP contribution in [0.5, 0.6) is 0 Å². The van der Waals surface area contributed by atoms with E-state index in [1.165, 1.54) is 24.5 Å². The summed E-state index contributed by atoms with van der Waals surface area (Å²) < 4.78 is 27.3. The summed E-state index contributed by atoms with van der Waals surface area (Å²) in [6.07, 6.45) is 4.11. The van der Waals surface area contributed by atoms with Gasteiger partial charge >= 0.3 is 0 Å². The number of aryl methyl sites for hydroxylation is 1. The van der Waals surface area contributed by atoms with E-state index in [1.807, 2.05) is 13.8 Å². The second-order valence-corrected chi connectivity index (χ2v) is 9.20. The fraction of sp³-hybridized carbons (Fsp3) is 0.500. The molecule has 158 valence electrons. The van der Waals surface area contributed by atoms with Gasteiger partial charge in [0.2, 0.25) is 11.8 Å². The van der Waals surface area contributed by atoms with Crippen LogP contribution in [-0.2, 0) is 19.6 Å². The highest BCUT2D eigenvalue weighted by Crippen LogP contribution is 2.24. The summed E-state index contributed by atoms with van der Waals surface area (Å²) >= 11 is 0. The summed E-state index contributed by atoms with van der Waals surface area (Å²) in [5.41, 5.74) is 0.933. The zero-order valence-corrected chi connectivity index (χ0v) is 17.6. The second-order valence-electron chi connectivity index (χ2n) is 7.35. The average Bonchev–Trinajstić information content (AvgIpc) is 2.71. The Morgan fingerprint density at radius 2 is 1.86 bits per heavy atom. The maximum absolute atomic E-state index is 13.1. The molecule has 3 rings (SSSR count). The smallest absolute Gasteiger partial charge is 0.264 e. The van der Waals surface area contributed by atoms with Crippen LogP contribution in [-0.4, -0.2) is 61.2 Å². The van der Waals surface area contributed by atoms with Crippen LogP contribution in [0.4, 0.5) is 0 Å². The number of carbonyl (C=O) groups is 2. The standard InChI is InChI=1S/C20H28N4O4S/c1-3-23(16-8-10-21-11-9-16)19(25)14-18-20(26)22-12-13-24(18)29(27,28)17-6-4-15(2)5-7-17/h4-7,12-13,16,18,21H,3,8-11,14H2,1-2H3,(H,22,26). The zero-order chi connectivity index (χ0) is 21.0. The van der Waals surface area contributed by atoms with Crippen molar-refractivity contribution in [2.75, 3.05) is 19.6 Å². The minimum atomic E-state index is -3.96. The molecule has 2 aliphatic rings. The number of hydrogen-bond acceptors (Lipinski definition) is 5. The normalized spacial score (nSPS) is 20.4. The zero-order valence-electron chi connectivity index (χ0n) is 16.8. The van der Waals surface area contributed by atoms with E-state index in [9.17, 15) is 18.0 Å². The largest absolute Gasteiger partial charge is 0.340 e. The van der Waals surface area contributed by atoms with Crippen LogP contribution in [0.15, 0.2) is 41.6 Å². The van der Waals surface area contributed by atoms with Gasteiger partial charge in [-0.1, -0.05) is 17.7 Å². The molecule has 29 heavy (non-hydrogen) atoms. The predicted molar refractivity (Wildman–Crippen MR) is 109 cm³/mol. The molecule has 1 atom stereocenters. The topological polar surface area (TPSA) is 98.8 Å². The average molecular weight is 421 g/mol. The van der Waals surface area contributed by atoms with Gasteiger partial charge in [-0.2, -0.15) is 0 Å². The van der Waals surface area contributed by atoms with Crippen LogP contribution in [0.25, 0.3) is 0 Å². The molecule has 0 radical (unpaired) electrons. The molecule has 0 bridgehead atoms. The number of amides is 2. The minimum absolute atomic E-state index is 0.0885. The van der Waals surface area contributed by atoms with E-state index in [0.717, 1.165) is 35.8 Å². The lowest BCUT2D eigenvalue weighted by atomic mass is 10.0. The van der Waals surface area contributed by atoms with Crippen molar-refractivity contribution in [3.63, 3.8) is 0 Å². The number of nitrogens with zero attached hydrogens (tertiary/aromatic N) is 2. The fourth-order valence-corrected chi connectivity index (χ4v) is 5.26. The molecular weight excluding hydrogens is 392 g/mol. The molecule has 2 aliphatic heterocycles. The Bertz CT molecular complexity index is 876. The van der Waals surface area contributed by atoms with Gasteiger partial charge in [0.05, 0.1) is 11.3 Å². The Hall–Kier alpha value is -2.39. The van der Waals surface area contributed by atoms with Crippen molar-refractivity contribution >= 4 is 21.8 Å². The molecule has 1 saturated heterocycles. The van der Waals surface area contributed by atoms with Crippen molar-refractivity contribution in [3.05, 3.63) is 42.2 Å². The van der Waals surface area contributed by atoms with E-state index in [-0.39, 0.29) is 23.3 Å². The molecule has 1 fully saturated rings. The number of rotatable bonds is 6. The van der Waals surface area contributed by atoms with Gasteiger partial charge in [0, 0.05) is 25.0 Å². The van der Waals surface area contributed by atoms with Gasteiger partial charge in [0.25, 0.3) is 10.0 Å². The summed E-state index contributed by atoms with van der Waals surface area (Å²) in [6.45, 7) is 5.98. The highest BCUT2D eigenvalue weighted by atomic mass is 32.2. The second kappa shape index (κ2) is 8.96. The Labute approximate surface area is 172 Å². The van der Waals surface area contributed by atoms with Crippen molar-refractivity contribution in [2.24, 2.45) is 0 Å². The van der Waals surface area contributed by atoms with Gasteiger partial charge in [-0.25, -0.2) is 8.42 Å². The molecule has 0 spiro atoms. The number of sulfonamides is 1. The molecule has 2 heterocycles. The maximum Gasteiger partial charge on any atom is 0.264 e. The molecule has 8 nitrogen and oxygen atoms in total. The fourth-order valence-electron chi connectivity index (χ4n) is 3.81. The Kier molecular flexibility index (Phi) is 6.59. The van der Waals surface area contributed by atoms with E-state index >= 15 is 0 Å². The van der Waals surface area contributed by atoms with Crippen LogP contribution in [0, 0.1) is 6.92 Å². The number of hydrogen-bond donors (Lipinski definition) is 2. The number of piperidine rings is 1. The third kappa shape index (κ3) is 4.62. The van der Waals surface area contributed by atoms with E-state index < -0.39 is 22.0 Å². The van der Waals surface area contributed by atoms with Crippen molar-refractivity contribution in [3.8, 4) is 0 Å². The minimum Gasteiger partial charge on any atom is -0.340 e. The first-order chi connectivity index (χ1) is 13.8. The first kappa shape index (κ1) is 21.3. The molecule has 1 aromatic rings. The number of nitrogens with one attached hydrogen (secondary N) is 2. The molecule has 9 heteroatoms. The van der Waals surface area contributed by atoms with Gasteiger partial charge in [-0.05, 0) is 51.9 Å². The third-order valence-corrected chi connectivity index (χ3v) is 7.23. The van der Waals surface area contributed by atoms with E-state index in [4.69, 9.17) is 0 Å². The SMILES string of the molecule is CCN(C(=O)CC1C(=O)NC=CN1S(=O)(=O)c1ccc(C)cc1)C1CCNCC1. The monoisotopic (exact) mass is 420 g/mol. The lowest BCUT2D eigenvalue weighted by molar-refractivity contribution is -0.137. The Morgan fingerprint density at radius 1 is 1.21 bits per heavy atom. The Morgan fingerprint density at radius 3 is 2.48 bits per heavy atom. The van der Waals surface area contributed by atoms with E-state index in [2.05, 4.69) is 10.6 Å². The quantitative estimate of drug-likeness (QED) is 0.714. The Balaban J connectivity index is 1.83. The van der Waals surface area contributed by atoms with Gasteiger partial charge in [-0.15, -0.1) is 0 Å². The van der Waals surface area contributed by atoms with Crippen molar-refractivity contribution in [1.29, 1.82) is 0 Å². The van der Waals surface area contributed by atoms with Crippen LogP contribution in [0.2, 0.25) is 0 Å². The third-order valence-electron chi connectivity index (χ3n) is 5.43. The molecule has 0 aliphatic carbocycles. The first-order valence-corrected chi connectivity index (χ1v) is 11.4. The summed E-state index contributed by atoms with van der Waals surface area (Å²) in [5.74, 6) is -0.711. The molecule has 0 saturated carbocycles. The number of benzene rings is 1. The predicted octanol–water partition coefficient (Wildman–Crippen LogP) is 0.946. The van der Waals surface area contributed by atoms with Crippen LogP contribution >= 0.6 is 0 Å².